The highest BCUT2D eigenvalue weighted by molar-refractivity contribution is 5.91. The minimum atomic E-state index is -0.768. The Kier molecular flexibility index (Phi) is 6.34. The van der Waals surface area contributed by atoms with E-state index in [0.717, 1.165) is 0 Å². The Balaban J connectivity index is 2.53. The smallest absolute Gasteiger partial charge is 0.270 e. The summed E-state index contributed by atoms with van der Waals surface area (Å²) in [4.78, 5) is 21.6. The largest absolute Gasteiger partial charge is 0.389 e. The molecule has 20 heavy (non-hydrogen) atoms. The van der Waals surface area contributed by atoms with Crippen LogP contribution in [0, 0.1) is 10.1 Å². The quantitative estimate of drug-likeness (QED) is 0.435. The van der Waals surface area contributed by atoms with Crippen molar-refractivity contribution in [3.8, 4) is 0 Å². The molecule has 1 aromatic carbocycles. The number of nitro benzene ring substituents is 1. The third-order valence-electron chi connectivity index (χ3n) is 2.38. The van der Waals surface area contributed by atoms with Crippen molar-refractivity contribution in [3.05, 3.63) is 46.0 Å². The lowest BCUT2D eigenvalue weighted by atomic mass is 10.2. The molecular formula is C13H16N2O5. The van der Waals surface area contributed by atoms with Gasteiger partial charge in [-0.2, -0.15) is 0 Å². The summed E-state index contributed by atoms with van der Waals surface area (Å²) in [6, 6.07) is 5.93. The van der Waals surface area contributed by atoms with Gasteiger partial charge in [0.25, 0.3) is 5.69 Å². The van der Waals surface area contributed by atoms with Crippen LogP contribution >= 0.6 is 0 Å². The predicted molar refractivity (Wildman–Crippen MR) is 73.0 cm³/mol. The molecule has 108 valence electrons. The zero-order valence-corrected chi connectivity index (χ0v) is 11.0. The molecule has 0 aliphatic heterocycles. The summed E-state index contributed by atoms with van der Waals surface area (Å²) in [7, 11) is 1.45. The van der Waals surface area contributed by atoms with Gasteiger partial charge in [-0.15, -0.1) is 0 Å². The van der Waals surface area contributed by atoms with Gasteiger partial charge in [-0.3, -0.25) is 14.9 Å². The molecule has 7 nitrogen and oxygen atoms in total. The molecule has 0 saturated heterocycles. The zero-order chi connectivity index (χ0) is 15.0. The van der Waals surface area contributed by atoms with E-state index in [1.807, 2.05) is 0 Å². The Bertz CT molecular complexity index is 501. The number of ether oxygens (including phenoxy) is 1. The SMILES string of the molecule is COCC(O)CNC(=O)C=Cc1cccc([N+](=O)[O-])c1. The Morgan fingerprint density at radius 1 is 1.60 bits per heavy atom. The van der Waals surface area contributed by atoms with Gasteiger partial charge in [0.2, 0.25) is 5.91 Å². The van der Waals surface area contributed by atoms with Gasteiger partial charge < -0.3 is 15.2 Å². The first-order valence-electron chi connectivity index (χ1n) is 5.90. The number of carbonyl (C=O) groups is 1. The Hall–Kier alpha value is -2.25. The molecule has 0 spiro atoms. The number of rotatable bonds is 7. The summed E-state index contributed by atoms with van der Waals surface area (Å²) < 4.78 is 4.72. The van der Waals surface area contributed by atoms with Crippen LogP contribution in [0.1, 0.15) is 5.56 Å². The van der Waals surface area contributed by atoms with Crippen molar-refractivity contribution in [2.24, 2.45) is 0 Å². The van der Waals surface area contributed by atoms with Crippen molar-refractivity contribution in [1.29, 1.82) is 0 Å². The van der Waals surface area contributed by atoms with Crippen molar-refractivity contribution in [3.63, 3.8) is 0 Å². The minimum Gasteiger partial charge on any atom is -0.389 e. The van der Waals surface area contributed by atoms with Crippen LogP contribution in [-0.2, 0) is 9.53 Å². The Labute approximate surface area is 116 Å². The van der Waals surface area contributed by atoms with Gasteiger partial charge in [-0.25, -0.2) is 0 Å². The van der Waals surface area contributed by atoms with E-state index < -0.39 is 16.9 Å². The summed E-state index contributed by atoms with van der Waals surface area (Å²) in [6.45, 7) is 0.209. The van der Waals surface area contributed by atoms with E-state index in [0.29, 0.717) is 5.56 Å². The molecule has 7 heteroatoms. The van der Waals surface area contributed by atoms with E-state index in [1.54, 1.807) is 6.07 Å². The number of carbonyl (C=O) groups excluding carboxylic acids is 1. The Morgan fingerprint density at radius 2 is 2.35 bits per heavy atom. The van der Waals surface area contributed by atoms with Gasteiger partial charge in [0.15, 0.2) is 0 Å². The highest BCUT2D eigenvalue weighted by Gasteiger charge is 2.05. The van der Waals surface area contributed by atoms with Crippen LogP contribution in [-0.4, -0.2) is 42.3 Å². The number of hydrogen-bond donors (Lipinski definition) is 2. The maximum absolute atomic E-state index is 11.5. The van der Waals surface area contributed by atoms with Crippen molar-refractivity contribution in [1.82, 2.24) is 5.32 Å². The van der Waals surface area contributed by atoms with E-state index in [-0.39, 0.29) is 18.8 Å². The highest BCUT2D eigenvalue weighted by atomic mass is 16.6. The van der Waals surface area contributed by atoms with Crippen LogP contribution in [0.5, 0.6) is 0 Å². The van der Waals surface area contributed by atoms with Gasteiger partial charge in [-0.1, -0.05) is 12.1 Å². The number of methoxy groups -OCH3 is 1. The molecule has 0 bridgehead atoms. The van der Waals surface area contributed by atoms with Gasteiger partial charge in [0.1, 0.15) is 0 Å². The third-order valence-corrected chi connectivity index (χ3v) is 2.38. The molecule has 0 saturated carbocycles. The van der Waals surface area contributed by atoms with Crippen molar-refractivity contribution >= 4 is 17.7 Å². The number of nitro groups is 1. The second kappa shape index (κ2) is 8.03. The maximum Gasteiger partial charge on any atom is 0.270 e. The fourth-order valence-electron chi connectivity index (χ4n) is 1.44. The van der Waals surface area contributed by atoms with Gasteiger partial charge in [0, 0.05) is 31.9 Å². The fourth-order valence-corrected chi connectivity index (χ4v) is 1.44. The monoisotopic (exact) mass is 280 g/mol. The molecule has 2 N–H and O–H groups in total. The van der Waals surface area contributed by atoms with Gasteiger partial charge >= 0.3 is 0 Å². The Morgan fingerprint density at radius 3 is 3.00 bits per heavy atom. The number of amides is 1. The average Bonchev–Trinajstić information content (AvgIpc) is 2.43. The average molecular weight is 280 g/mol. The summed E-state index contributed by atoms with van der Waals surface area (Å²) in [5, 5.41) is 22.4. The van der Waals surface area contributed by atoms with Crippen LogP contribution in [0.4, 0.5) is 5.69 Å². The molecule has 0 aliphatic rings. The van der Waals surface area contributed by atoms with E-state index in [1.165, 1.54) is 37.5 Å². The van der Waals surface area contributed by atoms with Crippen molar-refractivity contribution < 1.29 is 19.6 Å². The molecule has 1 atom stereocenters. The highest BCUT2D eigenvalue weighted by Crippen LogP contribution is 2.13. The molecule has 0 heterocycles. The number of aliphatic hydroxyl groups is 1. The number of hydrogen-bond acceptors (Lipinski definition) is 5. The van der Waals surface area contributed by atoms with Crippen molar-refractivity contribution in [2.45, 2.75) is 6.10 Å². The second-order valence-electron chi connectivity index (χ2n) is 4.04. The first-order chi connectivity index (χ1) is 9.52. The van der Waals surface area contributed by atoms with E-state index in [4.69, 9.17) is 4.74 Å². The molecule has 1 rings (SSSR count). The zero-order valence-electron chi connectivity index (χ0n) is 11.0. The summed E-state index contributed by atoms with van der Waals surface area (Å²) in [5.74, 6) is -0.397. The molecule has 1 unspecified atom stereocenters. The normalized spacial score (nSPS) is 12.3. The first kappa shape index (κ1) is 15.8. The standard InChI is InChI=1S/C13H16N2O5/c1-20-9-12(16)8-14-13(17)6-5-10-3-2-4-11(7-10)15(18)19/h2-7,12,16H,8-9H2,1H3,(H,14,17). The molecule has 0 radical (unpaired) electrons. The molecule has 0 aromatic heterocycles. The summed E-state index contributed by atoms with van der Waals surface area (Å²) in [5.41, 5.74) is 0.509. The minimum absolute atomic E-state index is 0.0388. The predicted octanol–water partition coefficient (Wildman–Crippen LogP) is 0.731. The number of benzene rings is 1. The first-order valence-corrected chi connectivity index (χ1v) is 5.90. The van der Waals surface area contributed by atoms with Crippen LogP contribution in [0.3, 0.4) is 0 Å². The number of nitrogens with one attached hydrogen (secondary N) is 1. The van der Waals surface area contributed by atoms with Crippen LogP contribution in [0.15, 0.2) is 30.3 Å². The molecule has 0 aliphatic carbocycles. The van der Waals surface area contributed by atoms with Crippen LogP contribution in [0.25, 0.3) is 6.08 Å². The summed E-state index contributed by atoms with van der Waals surface area (Å²) in [6.07, 6.45) is 1.94. The third kappa shape index (κ3) is 5.59. The number of aliphatic hydroxyl groups excluding tert-OH is 1. The number of non-ortho nitro benzene ring substituents is 1. The van der Waals surface area contributed by atoms with Crippen LogP contribution < -0.4 is 5.32 Å². The lowest BCUT2D eigenvalue weighted by molar-refractivity contribution is -0.384. The molecular weight excluding hydrogens is 264 g/mol. The lowest BCUT2D eigenvalue weighted by Gasteiger charge is -2.08. The van der Waals surface area contributed by atoms with Crippen molar-refractivity contribution in [2.75, 3.05) is 20.3 Å². The van der Waals surface area contributed by atoms with Gasteiger partial charge in [-0.05, 0) is 11.6 Å². The van der Waals surface area contributed by atoms with Gasteiger partial charge in [0.05, 0.1) is 17.6 Å². The lowest BCUT2D eigenvalue weighted by Crippen LogP contribution is -2.33. The molecule has 1 amide bonds. The topological polar surface area (TPSA) is 102 Å². The molecule has 1 aromatic rings. The molecule has 0 fully saturated rings. The van der Waals surface area contributed by atoms with E-state index >= 15 is 0 Å². The van der Waals surface area contributed by atoms with Crippen LogP contribution in [0.2, 0.25) is 0 Å². The second-order valence-corrected chi connectivity index (χ2v) is 4.04. The van der Waals surface area contributed by atoms with E-state index in [9.17, 15) is 20.0 Å². The van der Waals surface area contributed by atoms with E-state index in [2.05, 4.69) is 5.32 Å². The summed E-state index contributed by atoms with van der Waals surface area (Å²) >= 11 is 0. The fraction of sp³-hybridized carbons (Fsp3) is 0.308. The number of nitrogens with zero attached hydrogens (tertiary/aromatic N) is 1. The maximum atomic E-state index is 11.5.